The van der Waals surface area contributed by atoms with E-state index in [1.807, 2.05) is 13.8 Å². The Labute approximate surface area is 96.4 Å². The SMILES string of the molecule is CNC(=O)C1(C)CCN(C(=O)C(C)CN)C1. The molecule has 5 nitrogen and oxygen atoms in total. The monoisotopic (exact) mass is 227 g/mol. The summed E-state index contributed by atoms with van der Waals surface area (Å²) in [6.07, 6.45) is 0.718. The third kappa shape index (κ3) is 2.35. The van der Waals surface area contributed by atoms with Gasteiger partial charge in [-0.15, -0.1) is 0 Å². The van der Waals surface area contributed by atoms with E-state index in [1.165, 1.54) is 0 Å². The van der Waals surface area contributed by atoms with E-state index in [2.05, 4.69) is 5.32 Å². The van der Waals surface area contributed by atoms with E-state index in [4.69, 9.17) is 5.73 Å². The lowest BCUT2D eigenvalue weighted by Crippen LogP contribution is -2.42. The standard InChI is InChI=1S/C11H21N3O2/c1-8(6-12)9(15)14-5-4-11(2,7-14)10(16)13-3/h8H,4-7,12H2,1-3H3,(H,13,16). The summed E-state index contributed by atoms with van der Waals surface area (Å²) in [5.74, 6) is -0.106. The predicted octanol–water partition coefficient (Wildman–Crippen LogP) is -0.434. The van der Waals surface area contributed by atoms with Crippen molar-refractivity contribution in [3.8, 4) is 0 Å². The number of hydrogen-bond acceptors (Lipinski definition) is 3. The second-order valence-electron chi connectivity index (χ2n) is 4.79. The summed E-state index contributed by atoms with van der Waals surface area (Å²) in [4.78, 5) is 25.3. The first-order valence-electron chi connectivity index (χ1n) is 5.65. The maximum Gasteiger partial charge on any atom is 0.227 e. The van der Waals surface area contributed by atoms with Gasteiger partial charge in [-0.3, -0.25) is 9.59 Å². The first-order valence-corrected chi connectivity index (χ1v) is 5.65. The average Bonchev–Trinajstić information content (AvgIpc) is 2.70. The molecule has 3 N–H and O–H groups in total. The van der Waals surface area contributed by atoms with Crippen molar-refractivity contribution in [3.63, 3.8) is 0 Å². The number of amides is 2. The highest BCUT2D eigenvalue weighted by Crippen LogP contribution is 2.30. The molecule has 1 fully saturated rings. The summed E-state index contributed by atoms with van der Waals surface area (Å²) in [6, 6.07) is 0. The largest absolute Gasteiger partial charge is 0.359 e. The minimum atomic E-state index is -0.446. The molecule has 16 heavy (non-hydrogen) atoms. The number of carbonyl (C=O) groups is 2. The van der Waals surface area contributed by atoms with Crippen LogP contribution in [0.3, 0.4) is 0 Å². The summed E-state index contributed by atoms with van der Waals surface area (Å²) in [6.45, 7) is 5.21. The van der Waals surface area contributed by atoms with Gasteiger partial charge in [0.15, 0.2) is 0 Å². The van der Waals surface area contributed by atoms with Crippen LogP contribution in [-0.2, 0) is 9.59 Å². The molecule has 0 aromatic heterocycles. The summed E-state index contributed by atoms with van der Waals surface area (Å²) in [5.41, 5.74) is 5.02. The van der Waals surface area contributed by atoms with E-state index >= 15 is 0 Å². The zero-order valence-electron chi connectivity index (χ0n) is 10.2. The molecule has 0 saturated carbocycles. The lowest BCUT2D eigenvalue weighted by atomic mass is 9.89. The molecule has 92 valence electrons. The van der Waals surface area contributed by atoms with E-state index < -0.39 is 5.41 Å². The van der Waals surface area contributed by atoms with Crippen molar-refractivity contribution in [1.29, 1.82) is 0 Å². The molecule has 0 bridgehead atoms. The van der Waals surface area contributed by atoms with E-state index in [-0.39, 0.29) is 17.7 Å². The van der Waals surface area contributed by atoms with Crippen LogP contribution >= 0.6 is 0 Å². The molecule has 0 radical (unpaired) electrons. The van der Waals surface area contributed by atoms with Crippen molar-refractivity contribution < 1.29 is 9.59 Å². The van der Waals surface area contributed by atoms with Gasteiger partial charge in [0.25, 0.3) is 0 Å². The van der Waals surface area contributed by atoms with Crippen molar-refractivity contribution in [1.82, 2.24) is 10.2 Å². The quantitative estimate of drug-likeness (QED) is 0.686. The number of likely N-dealkylation sites (tertiary alicyclic amines) is 1. The molecule has 2 unspecified atom stereocenters. The fraction of sp³-hybridized carbons (Fsp3) is 0.818. The van der Waals surface area contributed by atoms with Gasteiger partial charge in [0, 0.05) is 32.6 Å². The Bertz CT molecular complexity index is 293. The van der Waals surface area contributed by atoms with Crippen LogP contribution in [0.2, 0.25) is 0 Å². The van der Waals surface area contributed by atoms with Gasteiger partial charge in [-0.05, 0) is 13.3 Å². The molecule has 1 aliphatic rings. The van der Waals surface area contributed by atoms with Gasteiger partial charge < -0.3 is 16.0 Å². The molecule has 2 amide bonds. The van der Waals surface area contributed by atoms with Crippen molar-refractivity contribution in [2.75, 3.05) is 26.7 Å². The van der Waals surface area contributed by atoms with Crippen molar-refractivity contribution >= 4 is 11.8 Å². The number of nitrogens with one attached hydrogen (secondary N) is 1. The van der Waals surface area contributed by atoms with Gasteiger partial charge in [0.05, 0.1) is 5.41 Å². The summed E-state index contributed by atoms with van der Waals surface area (Å²) < 4.78 is 0. The van der Waals surface area contributed by atoms with E-state index in [1.54, 1.807) is 11.9 Å². The van der Waals surface area contributed by atoms with E-state index in [0.29, 0.717) is 19.6 Å². The van der Waals surface area contributed by atoms with Gasteiger partial charge in [-0.25, -0.2) is 0 Å². The smallest absolute Gasteiger partial charge is 0.227 e. The fourth-order valence-electron chi connectivity index (χ4n) is 2.05. The molecular formula is C11H21N3O2. The Balaban J connectivity index is 2.65. The first kappa shape index (κ1) is 13.0. The lowest BCUT2D eigenvalue weighted by Gasteiger charge is -2.24. The van der Waals surface area contributed by atoms with Gasteiger partial charge in [0.2, 0.25) is 11.8 Å². The topological polar surface area (TPSA) is 75.4 Å². The second-order valence-corrected chi connectivity index (χ2v) is 4.79. The number of rotatable bonds is 3. The van der Waals surface area contributed by atoms with Crippen molar-refractivity contribution in [2.45, 2.75) is 20.3 Å². The lowest BCUT2D eigenvalue weighted by molar-refractivity contribution is -0.135. The van der Waals surface area contributed by atoms with Crippen LogP contribution in [-0.4, -0.2) is 43.4 Å². The molecule has 0 aromatic rings. The van der Waals surface area contributed by atoms with Crippen LogP contribution < -0.4 is 11.1 Å². The molecule has 1 aliphatic heterocycles. The van der Waals surface area contributed by atoms with Crippen LogP contribution in [0, 0.1) is 11.3 Å². The number of hydrogen-bond donors (Lipinski definition) is 2. The summed E-state index contributed by atoms with van der Waals surface area (Å²) in [5, 5.41) is 2.65. The maximum atomic E-state index is 11.9. The second kappa shape index (κ2) is 4.82. The zero-order chi connectivity index (χ0) is 12.3. The minimum Gasteiger partial charge on any atom is -0.359 e. The molecule has 5 heteroatoms. The van der Waals surface area contributed by atoms with Crippen LogP contribution in [0.1, 0.15) is 20.3 Å². The molecule has 0 aromatic carbocycles. The molecule has 0 spiro atoms. The van der Waals surface area contributed by atoms with Gasteiger partial charge >= 0.3 is 0 Å². The molecule has 1 rings (SSSR count). The van der Waals surface area contributed by atoms with Crippen molar-refractivity contribution in [2.24, 2.45) is 17.1 Å². The molecule has 1 heterocycles. The van der Waals surface area contributed by atoms with E-state index in [9.17, 15) is 9.59 Å². The zero-order valence-corrected chi connectivity index (χ0v) is 10.2. The highest BCUT2D eigenvalue weighted by Gasteiger charge is 2.41. The Morgan fingerprint density at radius 1 is 1.56 bits per heavy atom. The predicted molar refractivity (Wildman–Crippen MR) is 61.6 cm³/mol. The Kier molecular flexibility index (Phi) is 3.91. The Morgan fingerprint density at radius 3 is 2.69 bits per heavy atom. The summed E-state index contributed by atoms with van der Waals surface area (Å²) in [7, 11) is 1.63. The van der Waals surface area contributed by atoms with Gasteiger partial charge in [0.1, 0.15) is 0 Å². The molecule has 1 saturated heterocycles. The summed E-state index contributed by atoms with van der Waals surface area (Å²) >= 11 is 0. The number of nitrogens with zero attached hydrogens (tertiary/aromatic N) is 1. The van der Waals surface area contributed by atoms with Crippen molar-refractivity contribution in [3.05, 3.63) is 0 Å². The van der Waals surface area contributed by atoms with Gasteiger partial charge in [-0.2, -0.15) is 0 Å². The van der Waals surface area contributed by atoms with Gasteiger partial charge in [-0.1, -0.05) is 6.92 Å². The highest BCUT2D eigenvalue weighted by atomic mass is 16.2. The first-order chi connectivity index (χ1) is 7.44. The van der Waals surface area contributed by atoms with Crippen LogP contribution in [0.5, 0.6) is 0 Å². The third-order valence-corrected chi connectivity index (χ3v) is 3.34. The number of carbonyl (C=O) groups excluding carboxylic acids is 2. The molecule has 2 atom stereocenters. The van der Waals surface area contributed by atoms with Crippen LogP contribution in [0.15, 0.2) is 0 Å². The van der Waals surface area contributed by atoms with Crippen LogP contribution in [0.25, 0.3) is 0 Å². The number of nitrogens with two attached hydrogens (primary N) is 1. The van der Waals surface area contributed by atoms with E-state index in [0.717, 1.165) is 6.42 Å². The van der Waals surface area contributed by atoms with Crippen LogP contribution in [0.4, 0.5) is 0 Å². The minimum absolute atomic E-state index is 0.00296. The molecular weight excluding hydrogens is 206 g/mol. The highest BCUT2D eigenvalue weighted by molar-refractivity contribution is 5.85. The normalized spacial score (nSPS) is 26.6. The fourth-order valence-corrected chi connectivity index (χ4v) is 2.05. The third-order valence-electron chi connectivity index (χ3n) is 3.34. The Hall–Kier alpha value is -1.10. The Morgan fingerprint density at radius 2 is 2.19 bits per heavy atom. The average molecular weight is 227 g/mol. The maximum absolute atomic E-state index is 11.9. The molecule has 0 aliphatic carbocycles.